The van der Waals surface area contributed by atoms with Crippen LogP contribution in [-0.2, 0) is 17.8 Å². The zero-order chi connectivity index (χ0) is 20.2. The van der Waals surface area contributed by atoms with Crippen molar-refractivity contribution in [1.29, 1.82) is 0 Å². The minimum atomic E-state index is 0. The van der Waals surface area contributed by atoms with Crippen molar-refractivity contribution < 1.29 is 4.74 Å². The molecule has 3 heterocycles. The Balaban J connectivity index is 0.00000256. The predicted octanol–water partition coefficient (Wildman–Crippen LogP) is 3.43. The monoisotopic (exact) mass is 541 g/mol. The number of hydrogen-bond acceptors (Lipinski definition) is 5. The highest BCUT2D eigenvalue weighted by atomic mass is 127. The van der Waals surface area contributed by atoms with Crippen molar-refractivity contribution in [2.45, 2.75) is 46.0 Å². The first-order valence-corrected chi connectivity index (χ1v) is 11.3. The Kier molecular flexibility index (Phi) is 8.50. The van der Waals surface area contributed by atoms with E-state index in [0.717, 1.165) is 56.0 Å². The standard InChI is InChI=1S/C22H31N5OS.HI/c1-4-23-22(24-12-21-25-16(2)17(3)29-21)27-14-19-20(15-27)28-11-10-26(19)13-18-8-6-5-7-9-18;/h5-9,19-20H,4,10-15H2,1-3H3,(H,23,24);1H. The number of thiazole rings is 1. The molecule has 2 saturated heterocycles. The molecule has 2 fully saturated rings. The van der Waals surface area contributed by atoms with Crippen molar-refractivity contribution in [3.05, 3.63) is 51.5 Å². The number of nitrogens with zero attached hydrogens (tertiary/aromatic N) is 4. The van der Waals surface area contributed by atoms with Crippen LogP contribution in [0.3, 0.4) is 0 Å². The normalized spacial score (nSPS) is 22.0. The minimum Gasteiger partial charge on any atom is -0.373 e. The zero-order valence-electron chi connectivity index (χ0n) is 18.0. The van der Waals surface area contributed by atoms with Gasteiger partial charge in [0.1, 0.15) is 5.01 Å². The van der Waals surface area contributed by atoms with Gasteiger partial charge in [0.15, 0.2) is 5.96 Å². The van der Waals surface area contributed by atoms with Crippen LogP contribution in [0.2, 0.25) is 0 Å². The highest BCUT2D eigenvalue weighted by Crippen LogP contribution is 2.25. The average Bonchev–Trinajstić information content (AvgIpc) is 3.30. The second-order valence-electron chi connectivity index (χ2n) is 7.76. The highest BCUT2D eigenvalue weighted by Gasteiger charge is 2.41. The first-order chi connectivity index (χ1) is 14.1. The number of morpholine rings is 1. The number of aryl methyl sites for hydroxylation is 2. The van der Waals surface area contributed by atoms with Crippen LogP contribution >= 0.6 is 35.3 Å². The van der Waals surface area contributed by atoms with Gasteiger partial charge < -0.3 is 15.0 Å². The number of aliphatic imine (C=N–C) groups is 1. The number of guanidine groups is 1. The fourth-order valence-corrected chi connectivity index (χ4v) is 4.98. The molecule has 6 nitrogen and oxygen atoms in total. The summed E-state index contributed by atoms with van der Waals surface area (Å²) in [6.45, 7) is 12.4. The molecule has 2 atom stereocenters. The molecular weight excluding hydrogens is 509 g/mol. The van der Waals surface area contributed by atoms with Crippen LogP contribution in [0.25, 0.3) is 0 Å². The molecule has 2 unspecified atom stereocenters. The van der Waals surface area contributed by atoms with Crippen LogP contribution in [0.4, 0.5) is 0 Å². The van der Waals surface area contributed by atoms with E-state index >= 15 is 0 Å². The van der Waals surface area contributed by atoms with Gasteiger partial charge in [-0.25, -0.2) is 9.98 Å². The maximum Gasteiger partial charge on any atom is 0.194 e. The number of aromatic nitrogens is 1. The molecule has 1 aromatic heterocycles. The lowest BCUT2D eigenvalue weighted by atomic mass is 10.1. The Morgan fingerprint density at radius 2 is 2.07 bits per heavy atom. The summed E-state index contributed by atoms with van der Waals surface area (Å²) < 4.78 is 6.13. The van der Waals surface area contributed by atoms with Gasteiger partial charge in [-0.3, -0.25) is 4.90 Å². The fourth-order valence-electron chi connectivity index (χ4n) is 4.12. The van der Waals surface area contributed by atoms with Crippen LogP contribution in [0.5, 0.6) is 0 Å². The Labute approximate surface area is 200 Å². The van der Waals surface area contributed by atoms with E-state index in [1.807, 2.05) is 0 Å². The van der Waals surface area contributed by atoms with Crippen LogP contribution in [0, 0.1) is 13.8 Å². The molecule has 0 radical (unpaired) electrons. The van der Waals surface area contributed by atoms with Gasteiger partial charge >= 0.3 is 0 Å². The summed E-state index contributed by atoms with van der Waals surface area (Å²) >= 11 is 1.74. The number of nitrogens with one attached hydrogen (secondary N) is 1. The van der Waals surface area contributed by atoms with Crippen molar-refractivity contribution in [3.63, 3.8) is 0 Å². The number of halogens is 1. The number of fused-ring (bicyclic) bond motifs is 1. The van der Waals surface area contributed by atoms with Gasteiger partial charge in [0.25, 0.3) is 0 Å². The third kappa shape index (κ3) is 5.52. The van der Waals surface area contributed by atoms with Gasteiger partial charge in [0.05, 0.1) is 31.0 Å². The largest absolute Gasteiger partial charge is 0.373 e. The number of ether oxygens (including phenoxy) is 1. The third-order valence-corrected chi connectivity index (χ3v) is 6.77. The van der Waals surface area contributed by atoms with E-state index in [4.69, 9.17) is 9.73 Å². The molecular formula is C22H32IN5OS. The number of rotatable bonds is 5. The summed E-state index contributed by atoms with van der Waals surface area (Å²) in [5.41, 5.74) is 2.48. The Morgan fingerprint density at radius 1 is 1.27 bits per heavy atom. The molecule has 30 heavy (non-hydrogen) atoms. The van der Waals surface area contributed by atoms with E-state index in [9.17, 15) is 0 Å². The fraction of sp³-hybridized carbons (Fsp3) is 0.545. The summed E-state index contributed by atoms with van der Waals surface area (Å²) in [5, 5.41) is 4.55. The van der Waals surface area contributed by atoms with E-state index in [-0.39, 0.29) is 30.1 Å². The quantitative estimate of drug-likeness (QED) is 0.357. The van der Waals surface area contributed by atoms with Gasteiger partial charge in [-0.1, -0.05) is 30.3 Å². The zero-order valence-corrected chi connectivity index (χ0v) is 21.2. The molecule has 1 N–H and O–H groups in total. The topological polar surface area (TPSA) is 53.0 Å². The smallest absolute Gasteiger partial charge is 0.194 e. The van der Waals surface area contributed by atoms with Gasteiger partial charge in [-0.2, -0.15) is 0 Å². The van der Waals surface area contributed by atoms with E-state index in [0.29, 0.717) is 12.6 Å². The van der Waals surface area contributed by atoms with Crippen LogP contribution in [-0.4, -0.2) is 65.7 Å². The first-order valence-electron chi connectivity index (χ1n) is 10.5. The van der Waals surface area contributed by atoms with Gasteiger partial charge in [0.2, 0.25) is 0 Å². The van der Waals surface area contributed by atoms with Crippen molar-refractivity contribution >= 4 is 41.3 Å². The number of likely N-dealkylation sites (tertiary alicyclic amines) is 1. The van der Waals surface area contributed by atoms with Crippen LogP contribution in [0.15, 0.2) is 35.3 Å². The second-order valence-corrected chi connectivity index (χ2v) is 9.04. The molecule has 0 bridgehead atoms. The molecule has 0 amide bonds. The van der Waals surface area contributed by atoms with E-state index in [2.05, 4.69) is 71.2 Å². The molecule has 0 spiro atoms. The molecule has 164 valence electrons. The second kappa shape index (κ2) is 10.9. The number of benzene rings is 1. The van der Waals surface area contributed by atoms with Gasteiger partial charge in [-0.15, -0.1) is 35.3 Å². The third-order valence-electron chi connectivity index (χ3n) is 5.72. The van der Waals surface area contributed by atoms with E-state index < -0.39 is 0 Å². The first kappa shape index (κ1) is 23.4. The van der Waals surface area contributed by atoms with Gasteiger partial charge in [0, 0.05) is 37.6 Å². The average molecular weight is 542 g/mol. The van der Waals surface area contributed by atoms with Crippen molar-refractivity contribution in [3.8, 4) is 0 Å². The molecule has 0 saturated carbocycles. The number of hydrogen-bond donors (Lipinski definition) is 1. The summed E-state index contributed by atoms with van der Waals surface area (Å²) in [6.07, 6.45) is 0.237. The van der Waals surface area contributed by atoms with E-state index in [1.54, 1.807) is 11.3 Å². The lowest BCUT2D eigenvalue weighted by Crippen LogP contribution is -2.50. The molecule has 0 aliphatic carbocycles. The van der Waals surface area contributed by atoms with Crippen LogP contribution < -0.4 is 5.32 Å². The lowest BCUT2D eigenvalue weighted by molar-refractivity contribution is -0.0502. The van der Waals surface area contributed by atoms with E-state index in [1.165, 1.54) is 10.4 Å². The predicted molar refractivity (Wildman–Crippen MR) is 134 cm³/mol. The molecule has 4 rings (SSSR count). The molecule has 2 aliphatic rings. The Hall–Kier alpha value is -1.23. The molecule has 2 aliphatic heterocycles. The Bertz CT molecular complexity index is 824. The van der Waals surface area contributed by atoms with Gasteiger partial charge in [-0.05, 0) is 26.3 Å². The lowest BCUT2D eigenvalue weighted by Gasteiger charge is -2.36. The highest BCUT2D eigenvalue weighted by molar-refractivity contribution is 14.0. The maximum absolute atomic E-state index is 6.13. The van der Waals surface area contributed by atoms with Crippen molar-refractivity contribution in [1.82, 2.24) is 20.1 Å². The molecule has 8 heteroatoms. The summed E-state index contributed by atoms with van der Waals surface area (Å²) in [6, 6.07) is 11.1. The van der Waals surface area contributed by atoms with Crippen LogP contribution in [0.1, 0.15) is 28.1 Å². The molecule has 2 aromatic rings. The summed E-state index contributed by atoms with van der Waals surface area (Å²) in [4.78, 5) is 15.7. The SMILES string of the molecule is CCNC(=NCc1nc(C)c(C)s1)N1CC2OCCN(Cc3ccccc3)C2C1.I. The van der Waals surface area contributed by atoms with Crippen molar-refractivity contribution in [2.24, 2.45) is 4.99 Å². The van der Waals surface area contributed by atoms with Crippen molar-refractivity contribution in [2.75, 3.05) is 32.8 Å². The minimum absolute atomic E-state index is 0. The molecule has 1 aromatic carbocycles. The Morgan fingerprint density at radius 3 is 2.77 bits per heavy atom. The summed E-state index contributed by atoms with van der Waals surface area (Å²) in [7, 11) is 0. The maximum atomic E-state index is 6.13. The summed E-state index contributed by atoms with van der Waals surface area (Å²) in [5.74, 6) is 0.968.